The fourth-order valence-corrected chi connectivity index (χ4v) is 0.881. The van der Waals surface area contributed by atoms with Gasteiger partial charge in [0.15, 0.2) is 5.82 Å². The Morgan fingerprint density at radius 2 is 2.50 bits per heavy atom. The normalized spacial score (nSPS) is 16.0. The van der Waals surface area contributed by atoms with E-state index in [1.807, 2.05) is 0 Å². The lowest BCUT2D eigenvalue weighted by Gasteiger charge is -1.93. The molecule has 0 bridgehead atoms. The monoisotopic (exact) mass is 168 g/mol. The number of carboxylic acids is 1. The first kappa shape index (κ1) is 7.15. The number of nitrogens with zero attached hydrogens (tertiary/aromatic N) is 1. The zero-order valence-corrected chi connectivity index (χ0v) is 6.28. The van der Waals surface area contributed by atoms with Gasteiger partial charge in [-0.05, 0) is 12.8 Å². The Hall–Kier alpha value is -1.52. The van der Waals surface area contributed by atoms with Crippen molar-refractivity contribution >= 4 is 11.8 Å². The number of rotatable bonds is 3. The van der Waals surface area contributed by atoms with Crippen LogP contribution in [0.2, 0.25) is 0 Å². The van der Waals surface area contributed by atoms with Gasteiger partial charge in [0.25, 0.3) is 0 Å². The van der Waals surface area contributed by atoms with Gasteiger partial charge in [0, 0.05) is 12.1 Å². The molecule has 5 heteroatoms. The van der Waals surface area contributed by atoms with Crippen LogP contribution < -0.4 is 5.32 Å². The van der Waals surface area contributed by atoms with E-state index in [4.69, 9.17) is 5.11 Å². The summed E-state index contributed by atoms with van der Waals surface area (Å²) in [6.07, 6.45) is 2.24. The summed E-state index contributed by atoms with van der Waals surface area (Å²) < 4.78 is 4.54. The molecule has 0 aromatic carbocycles. The fraction of sp³-hybridized carbons (Fsp3) is 0.429. The van der Waals surface area contributed by atoms with Gasteiger partial charge in [-0.15, -0.1) is 0 Å². The number of hydrogen-bond donors (Lipinski definition) is 2. The van der Waals surface area contributed by atoms with Crippen LogP contribution in [-0.2, 0) is 0 Å². The van der Waals surface area contributed by atoms with Crippen molar-refractivity contribution in [3.63, 3.8) is 0 Å². The molecule has 1 aliphatic carbocycles. The first-order valence-corrected chi connectivity index (χ1v) is 3.72. The number of anilines is 1. The number of carboxylic acid groups (broad SMARTS) is 1. The lowest BCUT2D eigenvalue weighted by Crippen LogP contribution is -2.00. The summed E-state index contributed by atoms with van der Waals surface area (Å²) in [6, 6.07) is 1.84. The van der Waals surface area contributed by atoms with Crippen LogP contribution in [-0.4, -0.2) is 22.3 Å². The summed E-state index contributed by atoms with van der Waals surface area (Å²) in [6.45, 7) is 0. The summed E-state index contributed by atoms with van der Waals surface area (Å²) >= 11 is 0. The van der Waals surface area contributed by atoms with Crippen molar-refractivity contribution in [2.24, 2.45) is 0 Å². The van der Waals surface area contributed by atoms with Crippen molar-refractivity contribution in [1.82, 2.24) is 5.16 Å². The van der Waals surface area contributed by atoms with Crippen LogP contribution in [0.25, 0.3) is 0 Å². The Balaban J connectivity index is 2.06. The van der Waals surface area contributed by atoms with Gasteiger partial charge in [-0.3, -0.25) is 0 Å². The maximum atomic E-state index is 10.4. The van der Waals surface area contributed by atoms with E-state index in [1.165, 1.54) is 6.07 Å². The van der Waals surface area contributed by atoms with Crippen molar-refractivity contribution in [2.75, 3.05) is 5.32 Å². The molecule has 1 saturated carbocycles. The highest BCUT2D eigenvalue weighted by atomic mass is 16.5. The fourth-order valence-electron chi connectivity index (χ4n) is 0.881. The van der Waals surface area contributed by atoms with Crippen molar-refractivity contribution < 1.29 is 14.4 Å². The smallest absolute Gasteiger partial charge is 0.374 e. The molecule has 5 nitrogen and oxygen atoms in total. The first-order valence-electron chi connectivity index (χ1n) is 3.72. The molecule has 1 aromatic heterocycles. The van der Waals surface area contributed by atoms with Crippen LogP contribution in [0.5, 0.6) is 0 Å². The maximum absolute atomic E-state index is 10.4. The van der Waals surface area contributed by atoms with E-state index >= 15 is 0 Å². The third-order valence-electron chi connectivity index (χ3n) is 1.65. The topological polar surface area (TPSA) is 75.4 Å². The van der Waals surface area contributed by atoms with Crippen LogP contribution in [0.3, 0.4) is 0 Å². The summed E-state index contributed by atoms with van der Waals surface area (Å²) in [5.41, 5.74) is 0. The van der Waals surface area contributed by atoms with Crippen molar-refractivity contribution in [3.05, 3.63) is 11.8 Å². The zero-order valence-electron chi connectivity index (χ0n) is 6.28. The van der Waals surface area contributed by atoms with Gasteiger partial charge in [-0.25, -0.2) is 4.79 Å². The number of carbonyl (C=O) groups is 1. The summed E-state index contributed by atoms with van der Waals surface area (Å²) in [7, 11) is 0. The van der Waals surface area contributed by atoms with Crippen molar-refractivity contribution in [3.8, 4) is 0 Å². The highest BCUT2D eigenvalue weighted by molar-refractivity contribution is 5.85. The Morgan fingerprint density at radius 1 is 1.75 bits per heavy atom. The van der Waals surface area contributed by atoms with E-state index < -0.39 is 5.97 Å². The molecule has 64 valence electrons. The van der Waals surface area contributed by atoms with Crippen molar-refractivity contribution in [1.29, 1.82) is 0 Å². The largest absolute Gasteiger partial charge is 0.475 e. The Bertz CT molecular complexity index is 303. The molecule has 1 heterocycles. The minimum Gasteiger partial charge on any atom is -0.475 e. The molecule has 1 aromatic rings. The van der Waals surface area contributed by atoms with Gasteiger partial charge in [0.1, 0.15) is 0 Å². The molecule has 0 spiro atoms. The second kappa shape index (κ2) is 2.51. The molecule has 12 heavy (non-hydrogen) atoms. The van der Waals surface area contributed by atoms with Crippen LogP contribution in [0.1, 0.15) is 23.4 Å². The predicted molar refractivity (Wildman–Crippen MR) is 40.1 cm³/mol. The molecule has 0 saturated heterocycles. The highest BCUT2D eigenvalue weighted by Crippen LogP contribution is 2.24. The molecule has 0 radical (unpaired) electrons. The first-order chi connectivity index (χ1) is 5.75. The average Bonchev–Trinajstić information content (AvgIpc) is 2.66. The van der Waals surface area contributed by atoms with E-state index in [1.54, 1.807) is 0 Å². The zero-order chi connectivity index (χ0) is 8.55. The van der Waals surface area contributed by atoms with E-state index in [9.17, 15) is 4.79 Å². The molecular formula is C7H8N2O3. The third-order valence-corrected chi connectivity index (χ3v) is 1.65. The van der Waals surface area contributed by atoms with Gasteiger partial charge >= 0.3 is 5.97 Å². The van der Waals surface area contributed by atoms with Gasteiger partial charge < -0.3 is 14.9 Å². The molecule has 0 atom stereocenters. The molecule has 0 aliphatic heterocycles. The second-order valence-electron chi connectivity index (χ2n) is 2.80. The van der Waals surface area contributed by atoms with Gasteiger partial charge in [-0.1, -0.05) is 5.16 Å². The van der Waals surface area contributed by atoms with Crippen LogP contribution in [0, 0.1) is 0 Å². The average molecular weight is 168 g/mol. The molecule has 1 aliphatic rings. The minimum atomic E-state index is -1.09. The summed E-state index contributed by atoms with van der Waals surface area (Å²) in [5.74, 6) is -0.709. The lowest BCUT2D eigenvalue weighted by atomic mass is 10.4. The Labute approximate surface area is 68.4 Å². The van der Waals surface area contributed by atoms with Crippen molar-refractivity contribution in [2.45, 2.75) is 18.9 Å². The summed E-state index contributed by atoms with van der Waals surface area (Å²) in [4.78, 5) is 10.4. The van der Waals surface area contributed by atoms with E-state index in [0.29, 0.717) is 11.9 Å². The van der Waals surface area contributed by atoms with E-state index in [-0.39, 0.29) is 5.76 Å². The minimum absolute atomic E-state index is 0.127. The summed E-state index contributed by atoms with van der Waals surface area (Å²) in [5, 5.41) is 15.1. The highest BCUT2D eigenvalue weighted by Gasteiger charge is 2.22. The van der Waals surface area contributed by atoms with Crippen LogP contribution >= 0.6 is 0 Å². The molecule has 2 N–H and O–H groups in total. The quantitative estimate of drug-likeness (QED) is 0.702. The Morgan fingerprint density at radius 3 is 3.00 bits per heavy atom. The van der Waals surface area contributed by atoms with Crippen LogP contribution in [0.15, 0.2) is 10.6 Å². The van der Waals surface area contributed by atoms with E-state index in [0.717, 1.165) is 12.8 Å². The Kier molecular flexibility index (Phi) is 1.49. The lowest BCUT2D eigenvalue weighted by molar-refractivity contribution is 0.0652. The predicted octanol–water partition coefficient (Wildman–Crippen LogP) is 0.947. The number of nitrogens with one attached hydrogen (secondary N) is 1. The molecule has 0 unspecified atom stereocenters. The SMILES string of the molecule is O=C(O)c1cc(NC2CC2)no1. The van der Waals surface area contributed by atoms with Gasteiger partial charge in [0.2, 0.25) is 5.76 Å². The van der Waals surface area contributed by atoms with E-state index in [2.05, 4.69) is 15.0 Å². The molecular weight excluding hydrogens is 160 g/mol. The van der Waals surface area contributed by atoms with Gasteiger partial charge in [-0.2, -0.15) is 0 Å². The van der Waals surface area contributed by atoms with Gasteiger partial charge in [0.05, 0.1) is 0 Å². The molecule has 2 rings (SSSR count). The number of aromatic carboxylic acids is 1. The van der Waals surface area contributed by atoms with Crippen LogP contribution in [0.4, 0.5) is 5.82 Å². The number of hydrogen-bond acceptors (Lipinski definition) is 4. The second-order valence-corrected chi connectivity index (χ2v) is 2.80. The molecule has 0 amide bonds. The number of aromatic nitrogens is 1. The standard InChI is InChI=1S/C7H8N2O3/c10-7(11)5-3-6(9-12-5)8-4-1-2-4/h3-4H,1-2H2,(H,8,9)(H,10,11). The molecule has 1 fully saturated rings. The third kappa shape index (κ3) is 1.39. The maximum Gasteiger partial charge on any atom is 0.374 e.